The number of unbranched alkanes of at least 4 members (excludes halogenated alkanes) is 22. The Hall–Kier alpha value is -1.66. The molecule has 0 unspecified atom stereocenters. The first-order chi connectivity index (χ1) is 21.8. The summed E-state index contributed by atoms with van der Waals surface area (Å²) in [6.07, 6.45) is 32.3. The lowest BCUT2D eigenvalue weighted by Crippen LogP contribution is -2.04. The van der Waals surface area contributed by atoms with Crippen LogP contribution in [0, 0.1) is 0 Å². The van der Waals surface area contributed by atoms with E-state index in [4.69, 9.17) is 9.47 Å². The van der Waals surface area contributed by atoms with Crippen LogP contribution in [0.2, 0.25) is 0 Å². The molecule has 0 aliphatic carbocycles. The molecule has 0 radical (unpaired) electrons. The summed E-state index contributed by atoms with van der Waals surface area (Å²) < 4.78 is 22.2. The van der Waals surface area contributed by atoms with E-state index in [0.29, 0.717) is 6.61 Å². The first-order valence-electron chi connectivity index (χ1n) is 18.4. The Bertz CT molecular complexity index is 1080. The summed E-state index contributed by atoms with van der Waals surface area (Å²) in [5.41, 5.74) is 2.88. The number of rotatable bonds is 29. The molecule has 44 heavy (non-hydrogen) atoms. The predicted molar refractivity (Wildman–Crippen MR) is 194 cm³/mol. The van der Waals surface area contributed by atoms with Crippen LogP contribution in [0.25, 0.3) is 21.5 Å². The third-order valence-corrected chi connectivity index (χ3v) is 10.2. The molecule has 0 bridgehead atoms. The summed E-state index contributed by atoms with van der Waals surface area (Å²) in [5.74, 6) is 1.69. The molecule has 2 heterocycles. The van der Waals surface area contributed by atoms with Crippen LogP contribution in [-0.2, 0) is 0 Å². The van der Waals surface area contributed by atoms with Crippen molar-refractivity contribution in [3.63, 3.8) is 0 Å². The third-order valence-electron chi connectivity index (χ3n) is 8.74. The zero-order valence-corrected chi connectivity index (χ0v) is 29.9. The molecule has 3 rings (SSSR count). The number of fused-ring (bicyclic) bond motifs is 1. The number of ether oxygens (including phenoxy) is 2. The van der Waals surface area contributed by atoms with E-state index in [1.54, 1.807) is 11.3 Å². The fraction of sp³-hybridized carbons (Fsp3) is 0.737. The van der Waals surface area contributed by atoms with Gasteiger partial charge in [0.2, 0.25) is 0 Å². The lowest BCUT2D eigenvalue weighted by Gasteiger charge is -2.17. The molecule has 0 N–H and O–H groups in total. The minimum atomic E-state index is 0.716. The average molecular weight is 643 g/mol. The maximum absolute atomic E-state index is 6.54. The van der Waals surface area contributed by atoms with Crippen molar-refractivity contribution in [2.75, 3.05) is 13.2 Å². The molecule has 0 saturated heterocycles. The van der Waals surface area contributed by atoms with Crippen LogP contribution in [0.3, 0.4) is 0 Å². The van der Waals surface area contributed by atoms with Crippen LogP contribution in [0.1, 0.15) is 168 Å². The van der Waals surface area contributed by atoms with Crippen LogP contribution >= 0.6 is 23.1 Å². The normalized spacial score (nSPS) is 11.5. The fourth-order valence-electron chi connectivity index (χ4n) is 6.03. The molecule has 248 valence electrons. The Balaban J connectivity index is 1.40. The van der Waals surface area contributed by atoms with Crippen LogP contribution in [0.4, 0.5) is 0 Å². The molecule has 1 aromatic carbocycles. The highest BCUT2D eigenvalue weighted by Crippen LogP contribution is 2.45. The Morgan fingerprint density at radius 1 is 0.568 bits per heavy atom. The second-order valence-electron chi connectivity index (χ2n) is 12.7. The predicted octanol–water partition coefficient (Wildman–Crippen LogP) is 13.6. The quantitative estimate of drug-likeness (QED) is 0.0707. The third kappa shape index (κ3) is 14.6. The van der Waals surface area contributed by atoms with Crippen molar-refractivity contribution < 1.29 is 9.47 Å². The smallest absolute Gasteiger partial charge is 0.172 e. The molecule has 3 aromatic rings. The molecule has 0 fully saturated rings. The van der Waals surface area contributed by atoms with Crippen LogP contribution in [0.5, 0.6) is 11.5 Å². The summed E-state index contributed by atoms with van der Waals surface area (Å²) in [4.78, 5) is 1.17. The average Bonchev–Trinajstić information content (AvgIpc) is 3.74. The summed E-state index contributed by atoms with van der Waals surface area (Å²) in [5, 5.41) is 2.12. The maximum atomic E-state index is 6.54. The number of nitrogens with zero attached hydrogens (tertiary/aromatic N) is 2. The second-order valence-corrected chi connectivity index (χ2v) is 14.1. The molecule has 0 atom stereocenters. The van der Waals surface area contributed by atoms with Crippen LogP contribution in [0.15, 0.2) is 23.6 Å². The van der Waals surface area contributed by atoms with E-state index in [9.17, 15) is 0 Å². The fourth-order valence-corrected chi connectivity index (χ4v) is 7.33. The van der Waals surface area contributed by atoms with Gasteiger partial charge in [-0.05, 0) is 24.3 Å². The van der Waals surface area contributed by atoms with Gasteiger partial charge in [0.15, 0.2) is 11.5 Å². The molecule has 0 spiro atoms. The lowest BCUT2D eigenvalue weighted by atomic mass is 10.1. The highest BCUT2D eigenvalue weighted by atomic mass is 32.1. The molecule has 0 saturated carbocycles. The molecule has 2 aromatic heterocycles. The molecular weight excluding hydrogens is 581 g/mol. The van der Waals surface area contributed by atoms with Crippen molar-refractivity contribution in [3.8, 4) is 21.9 Å². The number of hydrogen-bond acceptors (Lipinski definition) is 6. The van der Waals surface area contributed by atoms with Gasteiger partial charge in [-0.15, -0.1) is 11.3 Å². The Kier molecular flexibility index (Phi) is 20.5. The Labute approximate surface area is 278 Å². The Morgan fingerprint density at radius 2 is 1.05 bits per heavy atom. The summed E-state index contributed by atoms with van der Waals surface area (Å²) in [6.45, 7) is 6.02. The molecule has 0 amide bonds. The summed E-state index contributed by atoms with van der Waals surface area (Å²) in [6, 6.07) is 6.30. The number of benzene rings is 1. The summed E-state index contributed by atoms with van der Waals surface area (Å²) in [7, 11) is 0. The topological polar surface area (TPSA) is 44.2 Å². The van der Waals surface area contributed by atoms with E-state index in [1.165, 1.54) is 158 Å². The van der Waals surface area contributed by atoms with Gasteiger partial charge >= 0.3 is 0 Å². The van der Waals surface area contributed by atoms with E-state index in [-0.39, 0.29) is 0 Å². The summed E-state index contributed by atoms with van der Waals surface area (Å²) >= 11 is 3.00. The van der Waals surface area contributed by atoms with Crippen molar-refractivity contribution >= 4 is 34.1 Å². The van der Waals surface area contributed by atoms with E-state index >= 15 is 0 Å². The van der Waals surface area contributed by atoms with Gasteiger partial charge in [0.25, 0.3) is 0 Å². The molecule has 0 aliphatic rings. The van der Waals surface area contributed by atoms with E-state index in [1.807, 2.05) is 6.07 Å². The van der Waals surface area contributed by atoms with Gasteiger partial charge in [-0.1, -0.05) is 161 Å². The van der Waals surface area contributed by atoms with Crippen molar-refractivity contribution in [2.24, 2.45) is 0 Å². The van der Waals surface area contributed by atoms with Crippen molar-refractivity contribution in [2.45, 2.75) is 168 Å². The SMILES string of the molecule is CCCCCCCCCCCCCCOc1cc2nsnc2c(-c2cccs2)c1OCCCCCCCCCCCCCC. The van der Waals surface area contributed by atoms with Crippen molar-refractivity contribution in [3.05, 3.63) is 23.6 Å². The highest BCUT2D eigenvalue weighted by molar-refractivity contribution is 7.13. The van der Waals surface area contributed by atoms with Crippen LogP contribution < -0.4 is 9.47 Å². The second kappa shape index (κ2) is 24.6. The molecular formula is C38H62N2O2S2. The van der Waals surface area contributed by atoms with E-state index in [0.717, 1.165) is 47.5 Å². The van der Waals surface area contributed by atoms with Crippen molar-refractivity contribution in [1.29, 1.82) is 0 Å². The van der Waals surface area contributed by atoms with Crippen LogP contribution in [-0.4, -0.2) is 22.0 Å². The van der Waals surface area contributed by atoms with Gasteiger partial charge in [0.05, 0.1) is 30.5 Å². The lowest BCUT2D eigenvalue weighted by molar-refractivity contribution is 0.259. The largest absolute Gasteiger partial charge is 0.490 e. The Morgan fingerprint density at radius 3 is 1.52 bits per heavy atom. The number of hydrogen-bond donors (Lipinski definition) is 0. The van der Waals surface area contributed by atoms with Gasteiger partial charge < -0.3 is 9.47 Å². The monoisotopic (exact) mass is 642 g/mol. The molecule has 4 nitrogen and oxygen atoms in total. The molecule has 6 heteroatoms. The van der Waals surface area contributed by atoms with Gasteiger partial charge in [0.1, 0.15) is 11.0 Å². The van der Waals surface area contributed by atoms with E-state index < -0.39 is 0 Å². The van der Waals surface area contributed by atoms with Gasteiger partial charge in [-0.2, -0.15) is 8.75 Å². The number of thiophene rings is 1. The highest BCUT2D eigenvalue weighted by Gasteiger charge is 2.21. The number of aromatic nitrogens is 2. The minimum Gasteiger partial charge on any atom is -0.490 e. The zero-order valence-electron chi connectivity index (χ0n) is 28.2. The minimum absolute atomic E-state index is 0.716. The first-order valence-corrected chi connectivity index (χ1v) is 20.0. The first kappa shape index (κ1) is 36.8. The molecule has 0 aliphatic heterocycles. The van der Waals surface area contributed by atoms with Gasteiger partial charge in [-0.3, -0.25) is 0 Å². The maximum Gasteiger partial charge on any atom is 0.172 e. The van der Waals surface area contributed by atoms with Gasteiger partial charge in [-0.25, -0.2) is 0 Å². The van der Waals surface area contributed by atoms with Gasteiger partial charge in [0, 0.05) is 10.9 Å². The zero-order chi connectivity index (χ0) is 30.9. The standard InChI is InChI=1S/C38H62N2O2S2/c1-3-5-7-9-11-13-15-17-19-21-23-25-29-41-34-32-33-37(40-44-39-33)36(35-28-27-31-43-35)38(34)42-30-26-24-22-20-18-16-14-12-10-8-6-4-2/h27-28,31-32H,3-26,29-30H2,1-2H3. The van der Waals surface area contributed by atoms with E-state index in [2.05, 4.69) is 40.1 Å². The van der Waals surface area contributed by atoms with Crippen molar-refractivity contribution in [1.82, 2.24) is 8.75 Å².